The van der Waals surface area contributed by atoms with Crippen LogP contribution in [0.3, 0.4) is 0 Å². The largest absolute Gasteiger partial charge is 0.489 e. The van der Waals surface area contributed by atoms with E-state index < -0.39 is 0 Å². The molecule has 2 N–H and O–H groups in total. The van der Waals surface area contributed by atoms with Gasteiger partial charge >= 0.3 is 0 Å². The van der Waals surface area contributed by atoms with Gasteiger partial charge in [-0.05, 0) is 32.0 Å². The molecule has 0 saturated heterocycles. The molecule has 0 bridgehead atoms. The summed E-state index contributed by atoms with van der Waals surface area (Å²) in [7, 11) is 1.75. The number of halogens is 1. The highest BCUT2D eigenvalue weighted by atomic mass is 35.5. The average molecular weight is 367 g/mol. The van der Waals surface area contributed by atoms with Crippen LogP contribution in [0.2, 0.25) is 5.02 Å². The van der Waals surface area contributed by atoms with Crippen molar-refractivity contribution in [3.63, 3.8) is 0 Å². The lowest BCUT2D eigenvalue weighted by Crippen LogP contribution is -2.42. The van der Waals surface area contributed by atoms with Crippen LogP contribution in [0.25, 0.3) is 0 Å². The maximum absolute atomic E-state index is 5.96. The number of hydrogen-bond acceptors (Lipinski definition) is 4. The van der Waals surface area contributed by atoms with E-state index in [-0.39, 0.29) is 6.10 Å². The monoisotopic (exact) mass is 366 g/mol. The van der Waals surface area contributed by atoms with E-state index >= 15 is 0 Å². The predicted molar refractivity (Wildman–Crippen MR) is 101 cm³/mol. The summed E-state index contributed by atoms with van der Waals surface area (Å²) in [5.74, 6) is 1.52. The molecular weight excluding hydrogens is 344 g/mol. The van der Waals surface area contributed by atoms with E-state index in [1.54, 1.807) is 24.5 Å². The first-order valence-electron chi connectivity index (χ1n) is 7.84. The lowest BCUT2D eigenvalue weighted by molar-refractivity contribution is 0.224. The Balaban J connectivity index is 1.70. The fraction of sp³-hybridized carbons (Fsp3) is 0.412. The standard InChI is InChI=1S/C17H23ClN4OS/c1-12(23-16-6-4-5-14(18)9-16)10-21-17(19-3)20-8-7-15-11-24-13(2)22-15/h4-6,9,11-12H,7-8,10H2,1-3H3,(H2,19,20,21). The Labute approximate surface area is 152 Å². The van der Waals surface area contributed by atoms with Gasteiger partial charge in [-0.3, -0.25) is 4.99 Å². The molecule has 0 amide bonds. The average Bonchev–Trinajstić information content (AvgIpc) is 2.96. The number of benzene rings is 1. The van der Waals surface area contributed by atoms with Gasteiger partial charge in [0.15, 0.2) is 5.96 Å². The molecule has 2 rings (SSSR count). The highest BCUT2D eigenvalue weighted by Crippen LogP contribution is 2.18. The van der Waals surface area contributed by atoms with Gasteiger partial charge in [0.05, 0.1) is 17.2 Å². The van der Waals surface area contributed by atoms with Crippen molar-refractivity contribution in [1.82, 2.24) is 15.6 Å². The molecule has 5 nitrogen and oxygen atoms in total. The number of thiazole rings is 1. The molecular formula is C17H23ClN4OS. The minimum Gasteiger partial charge on any atom is -0.489 e. The van der Waals surface area contributed by atoms with E-state index in [4.69, 9.17) is 16.3 Å². The molecule has 0 fully saturated rings. The van der Waals surface area contributed by atoms with E-state index in [1.807, 2.05) is 32.0 Å². The number of aryl methyl sites for hydroxylation is 1. The lowest BCUT2D eigenvalue weighted by atomic mass is 10.3. The number of hydrogen-bond donors (Lipinski definition) is 2. The van der Waals surface area contributed by atoms with E-state index in [9.17, 15) is 0 Å². The van der Waals surface area contributed by atoms with Gasteiger partial charge in [-0.15, -0.1) is 11.3 Å². The second kappa shape index (κ2) is 9.49. The maximum atomic E-state index is 5.96. The third kappa shape index (κ3) is 6.37. The van der Waals surface area contributed by atoms with Crippen molar-refractivity contribution >= 4 is 28.9 Å². The molecule has 130 valence electrons. The van der Waals surface area contributed by atoms with Crippen LogP contribution in [0.4, 0.5) is 0 Å². The topological polar surface area (TPSA) is 58.5 Å². The van der Waals surface area contributed by atoms with Crippen molar-refractivity contribution < 1.29 is 4.74 Å². The van der Waals surface area contributed by atoms with Gasteiger partial charge in [0.1, 0.15) is 11.9 Å². The van der Waals surface area contributed by atoms with Crippen LogP contribution in [-0.2, 0) is 6.42 Å². The summed E-state index contributed by atoms with van der Waals surface area (Å²) in [6.07, 6.45) is 0.864. The van der Waals surface area contributed by atoms with E-state index in [1.165, 1.54) is 0 Å². The second-order valence-corrected chi connectivity index (χ2v) is 6.87. The summed E-state index contributed by atoms with van der Waals surface area (Å²) < 4.78 is 5.83. The third-order valence-corrected chi connectivity index (χ3v) is 4.31. The summed E-state index contributed by atoms with van der Waals surface area (Å²) >= 11 is 7.63. The Kier molecular flexibility index (Phi) is 7.34. The van der Waals surface area contributed by atoms with Gasteiger partial charge < -0.3 is 15.4 Å². The van der Waals surface area contributed by atoms with Crippen LogP contribution >= 0.6 is 22.9 Å². The van der Waals surface area contributed by atoms with Gasteiger partial charge in [-0.25, -0.2) is 4.98 Å². The van der Waals surface area contributed by atoms with Crippen molar-refractivity contribution in [2.45, 2.75) is 26.4 Å². The summed E-state index contributed by atoms with van der Waals surface area (Å²) in [6.45, 7) is 5.44. The maximum Gasteiger partial charge on any atom is 0.191 e. The first kappa shape index (κ1) is 18.5. The van der Waals surface area contributed by atoms with E-state index in [0.717, 1.165) is 35.4 Å². The van der Waals surface area contributed by atoms with E-state index in [2.05, 4.69) is 26.0 Å². The van der Waals surface area contributed by atoms with Crippen LogP contribution in [0.15, 0.2) is 34.6 Å². The minimum absolute atomic E-state index is 0.0109. The zero-order chi connectivity index (χ0) is 17.4. The lowest BCUT2D eigenvalue weighted by Gasteiger charge is -2.17. The van der Waals surface area contributed by atoms with Gasteiger partial charge in [0, 0.05) is 30.4 Å². The minimum atomic E-state index is -0.0109. The number of guanidine groups is 1. The van der Waals surface area contributed by atoms with Gasteiger partial charge in [0.2, 0.25) is 0 Å². The molecule has 0 saturated carbocycles. The van der Waals surface area contributed by atoms with E-state index in [0.29, 0.717) is 11.6 Å². The molecule has 0 aliphatic rings. The number of aromatic nitrogens is 1. The molecule has 0 aliphatic carbocycles. The Hall–Kier alpha value is -1.79. The summed E-state index contributed by atoms with van der Waals surface area (Å²) in [6, 6.07) is 7.40. The number of aliphatic imine (C=N–C) groups is 1. The summed E-state index contributed by atoms with van der Waals surface area (Å²) in [5, 5.41) is 10.4. The SMILES string of the molecule is CN=C(NCCc1csc(C)n1)NCC(C)Oc1cccc(Cl)c1. The number of nitrogens with one attached hydrogen (secondary N) is 2. The first-order valence-corrected chi connectivity index (χ1v) is 9.10. The van der Waals surface area contributed by atoms with Crippen molar-refractivity contribution in [1.29, 1.82) is 0 Å². The molecule has 0 aliphatic heterocycles. The highest BCUT2D eigenvalue weighted by molar-refractivity contribution is 7.09. The molecule has 1 heterocycles. The van der Waals surface area contributed by atoms with Crippen molar-refractivity contribution in [3.05, 3.63) is 45.4 Å². The zero-order valence-electron chi connectivity index (χ0n) is 14.2. The molecule has 1 aromatic carbocycles. The number of ether oxygens (including phenoxy) is 1. The Bertz CT molecular complexity index is 674. The van der Waals surface area contributed by atoms with Crippen LogP contribution in [0, 0.1) is 6.92 Å². The molecule has 24 heavy (non-hydrogen) atoms. The fourth-order valence-electron chi connectivity index (χ4n) is 2.11. The van der Waals surface area contributed by atoms with Crippen molar-refractivity contribution in [3.8, 4) is 5.75 Å². The highest BCUT2D eigenvalue weighted by Gasteiger charge is 2.06. The van der Waals surface area contributed by atoms with Crippen LogP contribution in [0.5, 0.6) is 5.75 Å². The first-order chi connectivity index (χ1) is 11.6. The zero-order valence-corrected chi connectivity index (χ0v) is 15.7. The Morgan fingerprint density at radius 3 is 2.92 bits per heavy atom. The van der Waals surface area contributed by atoms with Gasteiger partial charge in [0.25, 0.3) is 0 Å². The normalized spacial score (nSPS) is 12.8. The molecule has 1 atom stereocenters. The van der Waals surface area contributed by atoms with Crippen LogP contribution in [-0.4, -0.2) is 37.2 Å². The molecule has 0 spiro atoms. The van der Waals surface area contributed by atoms with Gasteiger partial charge in [-0.1, -0.05) is 17.7 Å². The molecule has 1 aromatic heterocycles. The number of rotatable bonds is 7. The summed E-state index contributed by atoms with van der Waals surface area (Å²) in [4.78, 5) is 8.67. The van der Waals surface area contributed by atoms with Crippen molar-refractivity contribution in [2.24, 2.45) is 4.99 Å². The Morgan fingerprint density at radius 1 is 1.42 bits per heavy atom. The molecule has 0 radical (unpaired) electrons. The van der Waals surface area contributed by atoms with Crippen molar-refractivity contribution in [2.75, 3.05) is 20.1 Å². The fourth-order valence-corrected chi connectivity index (χ4v) is 2.93. The number of nitrogens with zero attached hydrogens (tertiary/aromatic N) is 2. The predicted octanol–water partition coefficient (Wildman–Crippen LogP) is 3.28. The Morgan fingerprint density at radius 2 is 2.25 bits per heavy atom. The third-order valence-electron chi connectivity index (χ3n) is 3.25. The molecule has 2 aromatic rings. The van der Waals surface area contributed by atoms with Gasteiger partial charge in [-0.2, -0.15) is 0 Å². The van der Waals surface area contributed by atoms with Crippen LogP contribution < -0.4 is 15.4 Å². The quantitative estimate of drug-likeness (QED) is 0.583. The summed E-state index contributed by atoms with van der Waals surface area (Å²) in [5.41, 5.74) is 1.11. The molecule has 1 unspecified atom stereocenters. The second-order valence-electron chi connectivity index (χ2n) is 5.37. The molecule has 7 heteroatoms. The van der Waals surface area contributed by atoms with Crippen LogP contribution in [0.1, 0.15) is 17.6 Å². The smallest absolute Gasteiger partial charge is 0.191 e.